The summed E-state index contributed by atoms with van der Waals surface area (Å²) >= 11 is 1.21. The predicted molar refractivity (Wildman–Crippen MR) is 69.8 cm³/mol. The lowest BCUT2D eigenvalue weighted by Crippen LogP contribution is -2.09. The molecule has 0 aromatic carbocycles. The minimum atomic E-state index is -0.715. The average molecular weight is 277 g/mol. The number of carbonyl (C=O) groups is 1. The van der Waals surface area contributed by atoms with Crippen molar-refractivity contribution in [3.63, 3.8) is 0 Å². The second kappa shape index (κ2) is 4.83. The first-order valence-electron chi connectivity index (χ1n) is 5.43. The monoisotopic (exact) mass is 277 g/mol. The third-order valence-corrected chi connectivity index (χ3v) is 3.12. The third kappa shape index (κ3) is 2.81. The number of hydrogen-bond acceptors (Lipinski definition) is 5. The number of oxazole rings is 1. The highest BCUT2D eigenvalue weighted by molar-refractivity contribution is 7.13. The highest BCUT2D eigenvalue weighted by atomic mass is 32.1. The van der Waals surface area contributed by atoms with E-state index in [2.05, 4.69) is 20.0 Å². The van der Waals surface area contributed by atoms with E-state index in [4.69, 9.17) is 9.95 Å². The van der Waals surface area contributed by atoms with Crippen LogP contribution in [0, 0.1) is 0 Å². The number of aromatic nitrogens is 2. The molecule has 0 saturated heterocycles. The van der Waals surface area contributed by atoms with Crippen molar-refractivity contribution < 1.29 is 9.21 Å². The van der Waals surface area contributed by atoms with Crippen LogP contribution in [0.15, 0.2) is 21.1 Å². The maximum absolute atomic E-state index is 11.3. The maximum atomic E-state index is 11.3. The van der Waals surface area contributed by atoms with E-state index in [-0.39, 0.29) is 11.1 Å². The number of carbonyl (C=O) groups excluding carboxylic acids is 1. The molecule has 0 bridgehead atoms. The van der Waals surface area contributed by atoms with Crippen molar-refractivity contribution in [2.75, 3.05) is 0 Å². The van der Waals surface area contributed by atoms with Crippen molar-refractivity contribution in [3.8, 4) is 10.9 Å². The molecule has 0 aliphatic heterocycles. The van der Waals surface area contributed by atoms with Gasteiger partial charge in [0, 0.05) is 15.7 Å². The van der Waals surface area contributed by atoms with Crippen LogP contribution in [0.2, 0.25) is 0 Å². The topological polar surface area (TPSA) is 105 Å². The van der Waals surface area contributed by atoms with Gasteiger partial charge in [0.1, 0.15) is 11.5 Å². The summed E-state index contributed by atoms with van der Waals surface area (Å²) in [5, 5.41) is 4.97. The number of amides is 1. The Morgan fingerprint density at radius 1 is 1.53 bits per heavy atom. The summed E-state index contributed by atoms with van der Waals surface area (Å²) in [6, 6.07) is 0. The fourth-order valence-corrected chi connectivity index (χ4v) is 2.00. The molecule has 8 heteroatoms. The van der Waals surface area contributed by atoms with Gasteiger partial charge in [-0.05, 0) is 10.6 Å². The summed E-state index contributed by atoms with van der Waals surface area (Å²) in [5.74, 6) is 0.378. The predicted octanol–water partition coefficient (Wildman–Crippen LogP) is 3.55. The second-order valence-corrected chi connectivity index (χ2v) is 5.67. The number of hydrogen-bond donors (Lipinski definition) is 0. The molecule has 0 atom stereocenters. The van der Waals surface area contributed by atoms with E-state index in [0.29, 0.717) is 10.9 Å². The molecule has 2 heterocycles. The summed E-state index contributed by atoms with van der Waals surface area (Å²) in [7, 11) is 0. The summed E-state index contributed by atoms with van der Waals surface area (Å²) in [4.78, 5) is 21.9. The lowest BCUT2D eigenvalue weighted by atomic mass is 9.94. The SMILES string of the molecule is CC(C)(C)c1cnc(-c2nc(C(=O)N=[N+]=[N-])cs2)o1. The molecule has 2 rings (SSSR count). The largest absolute Gasteiger partial charge is 0.439 e. The molecule has 0 fully saturated rings. The van der Waals surface area contributed by atoms with E-state index in [0.717, 1.165) is 5.76 Å². The van der Waals surface area contributed by atoms with Crippen LogP contribution in [0.3, 0.4) is 0 Å². The van der Waals surface area contributed by atoms with Gasteiger partial charge < -0.3 is 4.42 Å². The van der Waals surface area contributed by atoms with Gasteiger partial charge in [-0.25, -0.2) is 9.97 Å². The smallest absolute Gasteiger partial charge is 0.268 e. The van der Waals surface area contributed by atoms with Gasteiger partial charge in [-0.2, -0.15) is 0 Å². The summed E-state index contributed by atoms with van der Waals surface area (Å²) in [5.41, 5.74) is 8.14. The lowest BCUT2D eigenvalue weighted by molar-refractivity contribution is 0.0996. The molecule has 0 aliphatic carbocycles. The van der Waals surface area contributed by atoms with E-state index in [1.165, 1.54) is 16.7 Å². The molecule has 7 nitrogen and oxygen atoms in total. The fourth-order valence-electron chi connectivity index (χ4n) is 1.28. The van der Waals surface area contributed by atoms with Crippen LogP contribution in [0.4, 0.5) is 0 Å². The standard InChI is InChI=1S/C11H11N5O2S/c1-11(2,3)7-4-13-9(18-7)10-14-6(5-19-10)8(17)15-16-12/h4-5H,1-3H3. The van der Waals surface area contributed by atoms with Crippen LogP contribution < -0.4 is 0 Å². The molecule has 0 N–H and O–H groups in total. The van der Waals surface area contributed by atoms with Crippen LogP contribution in [-0.4, -0.2) is 15.9 Å². The number of azide groups is 1. The zero-order valence-electron chi connectivity index (χ0n) is 10.6. The van der Waals surface area contributed by atoms with Gasteiger partial charge in [0.2, 0.25) is 0 Å². The van der Waals surface area contributed by atoms with Gasteiger partial charge in [-0.1, -0.05) is 20.8 Å². The van der Waals surface area contributed by atoms with Crippen LogP contribution in [0.25, 0.3) is 21.3 Å². The first-order valence-corrected chi connectivity index (χ1v) is 6.31. The highest BCUT2D eigenvalue weighted by Gasteiger charge is 2.21. The van der Waals surface area contributed by atoms with Gasteiger partial charge >= 0.3 is 0 Å². The molecule has 2 aromatic heterocycles. The minimum absolute atomic E-state index is 0.0910. The average Bonchev–Trinajstić information content (AvgIpc) is 2.97. The van der Waals surface area contributed by atoms with Gasteiger partial charge in [-0.15, -0.1) is 11.3 Å². The van der Waals surface area contributed by atoms with Crippen LogP contribution in [-0.2, 0) is 5.41 Å². The Labute approximate surface area is 112 Å². The fraction of sp³-hybridized carbons (Fsp3) is 0.364. The quantitative estimate of drug-likeness (QED) is 0.475. The molecule has 0 saturated carbocycles. The summed E-state index contributed by atoms with van der Waals surface area (Å²) in [6.45, 7) is 6.03. The second-order valence-electron chi connectivity index (χ2n) is 4.81. The molecule has 2 aromatic rings. The Kier molecular flexibility index (Phi) is 3.37. The molecule has 0 spiro atoms. The Morgan fingerprint density at radius 2 is 2.26 bits per heavy atom. The van der Waals surface area contributed by atoms with Crippen molar-refractivity contribution in [3.05, 3.63) is 33.5 Å². The Bertz CT molecular complexity index is 661. The summed E-state index contributed by atoms with van der Waals surface area (Å²) < 4.78 is 5.61. The molecule has 0 unspecified atom stereocenters. The molecule has 0 radical (unpaired) electrons. The van der Waals surface area contributed by atoms with E-state index in [9.17, 15) is 4.79 Å². The minimum Gasteiger partial charge on any atom is -0.439 e. The molecular formula is C11H11N5O2S. The van der Waals surface area contributed by atoms with Crippen LogP contribution in [0.1, 0.15) is 37.0 Å². The zero-order valence-corrected chi connectivity index (χ0v) is 11.4. The Morgan fingerprint density at radius 3 is 2.84 bits per heavy atom. The summed E-state index contributed by atoms with van der Waals surface area (Å²) in [6.07, 6.45) is 1.64. The van der Waals surface area contributed by atoms with Gasteiger partial charge in [-0.3, -0.25) is 4.79 Å². The Balaban J connectivity index is 2.31. The molecular weight excluding hydrogens is 266 g/mol. The number of nitrogens with zero attached hydrogens (tertiary/aromatic N) is 5. The zero-order chi connectivity index (χ0) is 14.0. The van der Waals surface area contributed by atoms with E-state index >= 15 is 0 Å². The van der Waals surface area contributed by atoms with E-state index in [1.54, 1.807) is 6.20 Å². The molecule has 98 valence electrons. The Hall–Kier alpha value is -2.18. The maximum Gasteiger partial charge on any atom is 0.268 e. The van der Waals surface area contributed by atoms with Crippen molar-refractivity contribution in [2.24, 2.45) is 5.11 Å². The van der Waals surface area contributed by atoms with E-state index in [1.807, 2.05) is 20.8 Å². The van der Waals surface area contributed by atoms with Gasteiger partial charge in [0.15, 0.2) is 5.01 Å². The molecule has 19 heavy (non-hydrogen) atoms. The van der Waals surface area contributed by atoms with Crippen molar-refractivity contribution in [2.45, 2.75) is 26.2 Å². The van der Waals surface area contributed by atoms with Crippen molar-refractivity contribution >= 4 is 17.2 Å². The highest BCUT2D eigenvalue weighted by Crippen LogP contribution is 2.29. The first kappa shape index (κ1) is 13.3. The van der Waals surface area contributed by atoms with Crippen LogP contribution in [0.5, 0.6) is 0 Å². The van der Waals surface area contributed by atoms with Crippen LogP contribution >= 0.6 is 11.3 Å². The lowest BCUT2D eigenvalue weighted by Gasteiger charge is -2.12. The first-order chi connectivity index (χ1) is 8.91. The molecule has 0 aliphatic rings. The van der Waals surface area contributed by atoms with Crippen molar-refractivity contribution in [1.82, 2.24) is 9.97 Å². The number of thiazole rings is 1. The normalized spacial score (nSPS) is 11.1. The third-order valence-electron chi connectivity index (χ3n) is 2.29. The molecule has 1 amide bonds. The number of rotatable bonds is 2. The van der Waals surface area contributed by atoms with Crippen molar-refractivity contribution in [1.29, 1.82) is 0 Å². The van der Waals surface area contributed by atoms with E-state index < -0.39 is 5.91 Å². The van der Waals surface area contributed by atoms with Gasteiger partial charge in [0.25, 0.3) is 11.8 Å². The van der Waals surface area contributed by atoms with Gasteiger partial charge in [0.05, 0.1) is 6.20 Å².